The van der Waals surface area contributed by atoms with E-state index in [1.165, 1.54) is 6.07 Å². The zero-order chi connectivity index (χ0) is 21.6. The molecular formula is C25H19F3N2O. The predicted octanol–water partition coefficient (Wildman–Crippen LogP) is 7.02. The third-order valence-corrected chi connectivity index (χ3v) is 5.57. The summed E-state index contributed by atoms with van der Waals surface area (Å²) in [5, 5.41) is 2.73. The number of nitrogens with one attached hydrogen (secondary N) is 2. The average molecular weight is 420 g/mol. The van der Waals surface area contributed by atoms with Gasteiger partial charge in [-0.15, -0.1) is 0 Å². The van der Waals surface area contributed by atoms with Crippen molar-refractivity contribution in [3.05, 3.63) is 90.3 Å². The van der Waals surface area contributed by atoms with Gasteiger partial charge >= 0.3 is 6.18 Å². The molecular weight excluding hydrogens is 401 g/mol. The van der Waals surface area contributed by atoms with Gasteiger partial charge in [-0.3, -0.25) is 0 Å². The van der Waals surface area contributed by atoms with Gasteiger partial charge in [-0.05, 0) is 70.9 Å². The van der Waals surface area contributed by atoms with Gasteiger partial charge in [0.15, 0.2) is 0 Å². The third-order valence-electron chi connectivity index (χ3n) is 5.57. The summed E-state index contributed by atoms with van der Waals surface area (Å²) in [5.74, 6) is -1.09. The first kappa shape index (κ1) is 19.3. The molecule has 2 N–H and O–H groups in total. The van der Waals surface area contributed by atoms with E-state index < -0.39 is 12.1 Å². The van der Waals surface area contributed by atoms with Crippen molar-refractivity contribution in [1.82, 2.24) is 9.97 Å². The second-order valence-corrected chi connectivity index (χ2v) is 7.54. The summed E-state index contributed by atoms with van der Waals surface area (Å²) < 4.78 is 47.6. The Morgan fingerprint density at radius 3 is 2.13 bits per heavy atom. The van der Waals surface area contributed by atoms with Crippen molar-refractivity contribution in [3.8, 4) is 17.0 Å². The number of H-pyrrole nitrogens is 2. The van der Waals surface area contributed by atoms with Crippen molar-refractivity contribution in [2.45, 2.75) is 12.1 Å². The highest BCUT2D eigenvalue weighted by Crippen LogP contribution is 2.41. The van der Waals surface area contributed by atoms with Crippen LogP contribution in [0.5, 0.6) is 5.75 Å². The molecule has 5 rings (SSSR count). The number of fused-ring (bicyclic) bond motifs is 2. The first-order chi connectivity index (χ1) is 14.9. The maximum atomic E-state index is 14.2. The minimum absolute atomic E-state index is 0.0921. The Balaban J connectivity index is 1.57. The van der Waals surface area contributed by atoms with Gasteiger partial charge in [0.25, 0.3) is 0 Å². The van der Waals surface area contributed by atoms with Crippen LogP contribution in [-0.4, -0.2) is 23.3 Å². The highest BCUT2D eigenvalue weighted by Gasteiger charge is 2.43. The number of methoxy groups -OCH3 is 1. The first-order valence-corrected chi connectivity index (χ1v) is 9.84. The second-order valence-electron chi connectivity index (χ2n) is 7.54. The van der Waals surface area contributed by atoms with E-state index in [-0.39, 0.29) is 11.4 Å². The lowest BCUT2D eigenvalue weighted by Gasteiger charge is -2.18. The molecule has 31 heavy (non-hydrogen) atoms. The van der Waals surface area contributed by atoms with E-state index in [0.29, 0.717) is 17.0 Å². The van der Waals surface area contributed by atoms with Crippen LogP contribution in [0, 0.1) is 0 Å². The molecule has 0 aliphatic rings. The van der Waals surface area contributed by atoms with Crippen LogP contribution >= 0.6 is 0 Å². The Bertz CT molecular complexity index is 1310. The number of aromatic nitrogens is 2. The van der Waals surface area contributed by atoms with Gasteiger partial charge in [0.2, 0.25) is 0 Å². The smallest absolute Gasteiger partial charge is 0.402 e. The molecule has 0 fully saturated rings. The van der Waals surface area contributed by atoms with Crippen molar-refractivity contribution < 1.29 is 17.9 Å². The summed E-state index contributed by atoms with van der Waals surface area (Å²) in [6.45, 7) is 0. The predicted molar refractivity (Wildman–Crippen MR) is 116 cm³/mol. The molecule has 1 atom stereocenters. The molecule has 0 spiro atoms. The molecule has 3 nitrogen and oxygen atoms in total. The van der Waals surface area contributed by atoms with E-state index in [9.17, 15) is 13.2 Å². The summed E-state index contributed by atoms with van der Waals surface area (Å²) in [6.07, 6.45) is -4.46. The van der Waals surface area contributed by atoms with Gasteiger partial charge in [0, 0.05) is 28.0 Å². The van der Waals surface area contributed by atoms with Crippen LogP contribution in [0.1, 0.15) is 17.3 Å². The lowest BCUT2D eigenvalue weighted by molar-refractivity contribution is -0.142. The molecule has 5 aromatic rings. The lowest BCUT2D eigenvalue weighted by atomic mass is 10.0. The molecule has 1 unspecified atom stereocenters. The zero-order valence-corrected chi connectivity index (χ0v) is 16.6. The van der Waals surface area contributed by atoms with Gasteiger partial charge in [-0.1, -0.05) is 24.3 Å². The molecule has 2 aromatic heterocycles. The van der Waals surface area contributed by atoms with Crippen molar-refractivity contribution in [1.29, 1.82) is 0 Å². The Morgan fingerprint density at radius 2 is 1.45 bits per heavy atom. The van der Waals surface area contributed by atoms with Gasteiger partial charge < -0.3 is 14.7 Å². The molecule has 0 amide bonds. The van der Waals surface area contributed by atoms with Gasteiger partial charge in [0.1, 0.15) is 11.7 Å². The van der Waals surface area contributed by atoms with Crippen LogP contribution in [0.2, 0.25) is 0 Å². The fourth-order valence-electron chi connectivity index (χ4n) is 4.04. The van der Waals surface area contributed by atoms with E-state index in [0.717, 1.165) is 21.7 Å². The first-order valence-electron chi connectivity index (χ1n) is 9.84. The molecule has 156 valence electrons. The number of hydrogen-bond donors (Lipinski definition) is 2. The zero-order valence-electron chi connectivity index (χ0n) is 16.6. The third kappa shape index (κ3) is 3.54. The topological polar surface area (TPSA) is 40.8 Å². The Hall–Kier alpha value is -3.67. The summed E-state index contributed by atoms with van der Waals surface area (Å²) in [6, 6.07) is 23.5. The number of aromatic amines is 2. The minimum atomic E-state index is -4.46. The Labute approximate surface area is 176 Å². The van der Waals surface area contributed by atoms with Crippen LogP contribution in [0.4, 0.5) is 13.2 Å². The standard InChI is InChI=1S/C25H19F3N2O/c1-31-19-8-6-15(7-9-19)20-10-11-21(29-20)24(25(26,27)28)23-14-18-12-16-4-2-3-5-17(16)13-22(18)30-23/h2-14,24,29-30H,1H3. The lowest BCUT2D eigenvalue weighted by Crippen LogP contribution is -2.22. The quantitative estimate of drug-likeness (QED) is 0.322. The van der Waals surface area contributed by atoms with Crippen LogP contribution in [0.3, 0.4) is 0 Å². The second kappa shape index (κ2) is 7.23. The molecule has 0 radical (unpaired) electrons. The molecule has 6 heteroatoms. The van der Waals surface area contributed by atoms with Crippen molar-refractivity contribution in [2.24, 2.45) is 0 Å². The maximum absolute atomic E-state index is 14.2. The van der Waals surface area contributed by atoms with Crippen LogP contribution in [0.25, 0.3) is 32.9 Å². The normalized spacial score (nSPS) is 13.0. The minimum Gasteiger partial charge on any atom is -0.497 e. The van der Waals surface area contributed by atoms with Crippen molar-refractivity contribution >= 4 is 21.7 Å². The largest absolute Gasteiger partial charge is 0.497 e. The molecule has 0 aliphatic carbocycles. The van der Waals surface area contributed by atoms with Gasteiger partial charge in [0.05, 0.1) is 7.11 Å². The summed E-state index contributed by atoms with van der Waals surface area (Å²) in [7, 11) is 1.57. The average Bonchev–Trinajstić information content (AvgIpc) is 3.38. The SMILES string of the molecule is COc1ccc(-c2ccc(C(c3cc4cc5ccccc5cc4[nH]3)C(F)(F)F)[nH]2)cc1. The molecule has 0 aliphatic heterocycles. The van der Waals surface area contributed by atoms with Crippen molar-refractivity contribution in [2.75, 3.05) is 7.11 Å². The van der Waals surface area contributed by atoms with Crippen LogP contribution < -0.4 is 4.74 Å². The van der Waals surface area contributed by atoms with Crippen LogP contribution in [-0.2, 0) is 0 Å². The number of alkyl halides is 3. The Morgan fingerprint density at radius 1 is 0.742 bits per heavy atom. The van der Waals surface area contributed by atoms with Gasteiger partial charge in [-0.2, -0.15) is 13.2 Å². The van der Waals surface area contributed by atoms with Crippen molar-refractivity contribution in [3.63, 3.8) is 0 Å². The number of hydrogen-bond acceptors (Lipinski definition) is 1. The summed E-state index contributed by atoms with van der Waals surface area (Å²) in [4.78, 5) is 5.97. The highest BCUT2D eigenvalue weighted by molar-refractivity contribution is 5.97. The highest BCUT2D eigenvalue weighted by atomic mass is 19.4. The number of halogens is 3. The fraction of sp³-hybridized carbons (Fsp3) is 0.120. The summed E-state index contributed by atoms with van der Waals surface area (Å²) in [5.41, 5.74) is 2.30. The van der Waals surface area contributed by atoms with Crippen LogP contribution in [0.15, 0.2) is 78.9 Å². The van der Waals surface area contributed by atoms with E-state index in [2.05, 4.69) is 9.97 Å². The summed E-state index contributed by atoms with van der Waals surface area (Å²) >= 11 is 0. The maximum Gasteiger partial charge on any atom is 0.402 e. The molecule has 0 saturated heterocycles. The Kier molecular flexibility index (Phi) is 4.50. The molecule has 0 saturated carbocycles. The van der Waals surface area contributed by atoms with E-state index in [1.807, 2.05) is 48.5 Å². The monoisotopic (exact) mass is 420 g/mol. The van der Waals surface area contributed by atoms with E-state index in [4.69, 9.17) is 4.74 Å². The molecule has 0 bridgehead atoms. The number of rotatable bonds is 4. The van der Waals surface area contributed by atoms with E-state index in [1.54, 1.807) is 31.4 Å². The number of benzene rings is 3. The molecule has 2 heterocycles. The molecule has 3 aromatic carbocycles. The van der Waals surface area contributed by atoms with Gasteiger partial charge in [-0.25, -0.2) is 0 Å². The fourth-order valence-corrected chi connectivity index (χ4v) is 4.04. The van der Waals surface area contributed by atoms with E-state index >= 15 is 0 Å². The number of ether oxygens (including phenoxy) is 1.